The zero-order valence-electron chi connectivity index (χ0n) is 12.0. The van der Waals surface area contributed by atoms with Gasteiger partial charge in [-0.15, -0.1) is 0 Å². The molecule has 0 aromatic carbocycles. The molecule has 4 atom stereocenters. The normalized spacial score (nSPS) is 28.5. The van der Waals surface area contributed by atoms with Crippen molar-refractivity contribution >= 4 is 34.7 Å². The molecule has 1 fully saturated rings. The van der Waals surface area contributed by atoms with Crippen LogP contribution in [0, 0.1) is 0 Å². The smallest absolute Gasteiger partial charge is 0.224 e. The molecule has 9 nitrogen and oxygen atoms in total. The van der Waals surface area contributed by atoms with Crippen molar-refractivity contribution in [2.24, 2.45) is 0 Å². The van der Waals surface area contributed by atoms with E-state index in [0.717, 1.165) is 5.75 Å². The molecule has 0 bridgehead atoms. The molecule has 0 spiro atoms. The highest BCUT2D eigenvalue weighted by molar-refractivity contribution is 7.99. The Labute approximate surface area is 130 Å². The third kappa shape index (κ3) is 2.47. The van der Waals surface area contributed by atoms with E-state index in [1.165, 1.54) is 10.9 Å². The summed E-state index contributed by atoms with van der Waals surface area (Å²) in [5.74, 6) is 1.67. The van der Waals surface area contributed by atoms with Gasteiger partial charge in [-0.3, -0.25) is 4.57 Å². The van der Waals surface area contributed by atoms with Crippen LogP contribution in [0.1, 0.15) is 13.2 Å². The highest BCUT2D eigenvalue weighted by Crippen LogP contribution is 2.33. The molecule has 4 unspecified atom stereocenters. The first-order valence-electron chi connectivity index (χ1n) is 6.87. The van der Waals surface area contributed by atoms with Crippen molar-refractivity contribution in [3.05, 3.63) is 6.33 Å². The number of thioether (sulfide) groups is 1. The number of nitrogen functional groups attached to an aromatic ring is 2. The van der Waals surface area contributed by atoms with Crippen molar-refractivity contribution in [2.75, 3.05) is 23.0 Å². The molecule has 3 rings (SSSR count). The number of aromatic nitrogens is 4. The summed E-state index contributed by atoms with van der Waals surface area (Å²) in [5, 5.41) is 20.4. The van der Waals surface area contributed by atoms with Crippen LogP contribution >= 0.6 is 11.8 Å². The first-order chi connectivity index (χ1) is 10.5. The van der Waals surface area contributed by atoms with E-state index in [4.69, 9.17) is 16.2 Å². The minimum absolute atomic E-state index is 0.0119. The van der Waals surface area contributed by atoms with Gasteiger partial charge in [-0.2, -0.15) is 21.7 Å². The minimum atomic E-state index is -1.09. The van der Waals surface area contributed by atoms with Crippen LogP contribution in [0.15, 0.2) is 6.33 Å². The Kier molecular flexibility index (Phi) is 4.08. The topological polar surface area (TPSA) is 145 Å². The quantitative estimate of drug-likeness (QED) is 0.576. The highest BCUT2D eigenvalue weighted by Gasteiger charge is 2.44. The molecule has 0 radical (unpaired) electrons. The number of aliphatic hydroxyl groups is 2. The summed E-state index contributed by atoms with van der Waals surface area (Å²) in [7, 11) is 0. The lowest BCUT2D eigenvalue weighted by Crippen LogP contribution is -2.32. The molecular formula is C12H18N6O3S. The van der Waals surface area contributed by atoms with Crippen LogP contribution in [0.2, 0.25) is 0 Å². The standard InChI is InChI=1S/C12H18N6O3S/c1-2-22-3-5-7(19)8(20)11(21-5)18-4-15-6-9(13)16-12(14)17-10(6)18/h4-5,7-8,11,19-20H,2-3H2,1H3,(H4,13,14,16,17). The fourth-order valence-electron chi connectivity index (χ4n) is 2.47. The lowest BCUT2D eigenvalue weighted by atomic mass is 10.1. The Morgan fingerprint density at radius 3 is 2.82 bits per heavy atom. The number of rotatable bonds is 4. The Morgan fingerprint density at radius 1 is 1.32 bits per heavy atom. The summed E-state index contributed by atoms with van der Waals surface area (Å²) in [6.45, 7) is 2.02. The maximum atomic E-state index is 10.3. The average molecular weight is 326 g/mol. The molecule has 0 saturated carbocycles. The van der Waals surface area contributed by atoms with Gasteiger partial charge in [-0.05, 0) is 5.75 Å². The number of nitrogens with two attached hydrogens (primary N) is 2. The Balaban J connectivity index is 1.94. The largest absolute Gasteiger partial charge is 0.387 e. The van der Waals surface area contributed by atoms with E-state index in [1.54, 1.807) is 11.8 Å². The van der Waals surface area contributed by atoms with E-state index in [9.17, 15) is 10.2 Å². The van der Waals surface area contributed by atoms with E-state index >= 15 is 0 Å². The molecule has 0 aliphatic carbocycles. The first-order valence-corrected chi connectivity index (χ1v) is 8.03. The maximum absolute atomic E-state index is 10.3. The number of anilines is 2. The molecule has 120 valence electrons. The molecule has 10 heteroatoms. The molecule has 1 aliphatic heterocycles. The first kappa shape index (κ1) is 15.3. The van der Waals surface area contributed by atoms with Gasteiger partial charge in [0.2, 0.25) is 5.95 Å². The van der Waals surface area contributed by atoms with Crippen molar-refractivity contribution in [1.82, 2.24) is 19.5 Å². The van der Waals surface area contributed by atoms with Gasteiger partial charge >= 0.3 is 0 Å². The van der Waals surface area contributed by atoms with Crippen molar-refractivity contribution in [3.8, 4) is 0 Å². The molecule has 2 aromatic heterocycles. The predicted octanol–water partition coefficient (Wildman–Crippen LogP) is -0.637. The van der Waals surface area contributed by atoms with Gasteiger partial charge < -0.3 is 26.4 Å². The van der Waals surface area contributed by atoms with Crippen LogP contribution in [0.3, 0.4) is 0 Å². The second-order valence-electron chi connectivity index (χ2n) is 5.00. The number of nitrogens with zero attached hydrogens (tertiary/aromatic N) is 4. The molecular weight excluding hydrogens is 308 g/mol. The number of hydrogen-bond acceptors (Lipinski definition) is 9. The van der Waals surface area contributed by atoms with Gasteiger partial charge in [0.05, 0.1) is 12.4 Å². The van der Waals surface area contributed by atoms with Crippen LogP contribution in [0.5, 0.6) is 0 Å². The Morgan fingerprint density at radius 2 is 2.09 bits per heavy atom. The van der Waals surface area contributed by atoms with Gasteiger partial charge in [0.25, 0.3) is 0 Å². The van der Waals surface area contributed by atoms with Crippen LogP contribution < -0.4 is 11.5 Å². The third-order valence-corrected chi connectivity index (χ3v) is 4.54. The van der Waals surface area contributed by atoms with Gasteiger partial charge in [0.15, 0.2) is 17.7 Å². The molecule has 1 saturated heterocycles. The van der Waals surface area contributed by atoms with Gasteiger partial charge in [-0.25, -0.2) is 4.98 Å². The van der Waals surface area contributed by atoms with Crippen molar-refractivity contribution in [2.45, 2.75) is 31.5 Å². The van der Waals surface area contributed by atoms with Gasteiger partial charge in [0, 0.05) is 5.75 Å². The zero-order valence-corrected chi connectivity index (χ0v) is 12.8. The number of ether oxygens (including phenoxy) is 1. The SMILES string of the molecule is CCSCC1OC(n2cnc3c(N)nc(N)nc32)C(O)C1O. The fraction of sp³-hybridized carbons (Fsp3) is 0.583. The third-order valence-electron chi connectivity index (χ3n) is 3.56. The van der Waals surface area contributed by atoms with Crippen LogP contribution in [-0.4, -0.2) is 59.5 Å². The maximum Gasteiger partial charge on any atom is 0.224 e. The average Bonchev–Trinajstić information content (AvgIpc) is 3.00. The van der Waals surface area contributed by atoms with E-state index < -0.39 is 24.5 Å². The predicted molar refractivity (Wildman–Crippen MR) is 83.1 cm³/mol. The molecule has 2 aromatic rings. The van der Waals surface area contributed by atoms with Crippen LogP contribution in [0.4, 0.5) is 11.8 Å². The molecule has 1 aliphatic rings. The summed E-state index contributed by atoms with van der Waals surface area (Å²) < 4.78 is 7.30. The summed E-state index contributed by atoms with van der Waals surface area (Å²) in [6.07, 6.45) is -1.86. The summed E-state index contributed by atoms with van der Waals surface area (Å²) in [4.78, 5) is 12.1. The number of imidazole rings is 1. The van der Waals surface area contributed by atoms with Crippen molar-refractivity contribution < 1.29 is 14.9 Å². The van der Waals surface area contributed by atoms with E-state index in [2.05, 4.69) is 15.0 Å². The summed E-state index contributed by atoms with van der Waals surface area (Å²) in [6, 6.07) is 0. The van der Waals surface area contributed by atoms with E-state index in [1.807, 2.05) is 6.92 Å². The minimum Gasteiger partial charge on any atom is -0.387 e. The zero-order chi connectivity index (χ0) is 15.9. The van der Waals surface area contributed by atoms with E-state index in [0.29, 0.717) is 16.9 Å². The van der Waals surface area contributed by atoms with Gasteiger partial charge in [0.1, 0.15) is 17.7 Å². The molecule has 22 heavy (non-hydrogen) atoms. The van der Waals surface area contributed by atoms with Crippen molar-refractivity contribution in [3.63, 3.8) is 0 Å². The number of hydrogen-bond donors (Lipinski definition) is 4. The van der Waals surface area contributed by atoms with E-state index in [-0.39, 0.29) is 11.8 Å². The van der Waals surface area contributed by atoms with Gasteiger partial charge in [-0.1, -0.05) is 6.92 Å². The molecule has 0 amide bonds. The number of aliphatic hydroxyl groups excluding tert-OH is 2. The second kappa shape index (κ2) is 5.88. The summed E-state index contributed by atoms with van der Waals surface area (Å²) in [5.41, 5.74) is 12.1. The Bertz CT molecular complexity index is 680. The van der Waals surface area contributed by atoms with Crippen LogP contribution in [0.25, 0.3) is 11.2 Å². The Hall–Kier alpha value is -1.62. The molecule has 3 heterocycles. The monoisotopic (exact) mass is 326 g/mol. The lowest BCUT2D eigenvalue weighted by molar-refractivity contribution is -0.0288. The van der Waals surface area contributed by atoms with Crippen LogP contribution in [-0.2, 0) is 4.74 Å². The summed E-state index contributed by atoms with van der Waals surface area (Å²) >= 11 is 1.63. The lowest BCUT2D eigenvalue weighted by Gasteiger charge is -2.16. The second-order valence-corrected chi connectivity index (χ2v) is 6.32. The fourth-order valence-corrected chi connectivity index (χ4v) is 3.22. The molecule has 6 N–H and O–H groups in total. The highest BCUT2D eigenvalue weighted by atomic mass is 32.2. The number of fused-ring (bicyclic) bond motifs is 1. The van der Waals surface area contributed by atoms with Crippen molar-refractivity contribution in [1.29, 1.82) is 0 Å².